The zero-order valence-electron chi connectivity index (χ0n) is 16.5. The predicted octanol–water partition coefficient (Wildman–Crippen LogP) is 5.64. The first kappa shape index (κ1) is 22.3. The molecule has 0 radical (unpaired) electrons. The number of esters is 1. The van der Waals surface area contributed by atoms with Crippen molar-refractivity contribution in [1.29, 1.82) is 0 Å². The second kappa shape index (κ2) is 10.6. The number of carbonyl (C=O) groups is 2. The Hall–Kier alpha value is -2.42. The number of rotatable bonds is 10. The molecule has 0 spiro atoms. The number of ketones is 1. The number of carbonyl (C=O) groups excluding carboxylic acids is 2. The number of Topliss-reactive ketones (excluding diaryl/α,β-unsaturated/α-hetero) is 1. The molecular weight excluding hydrogens is 446 g/mol. The molecule has 0 N–H and O–H groups in total. The lowest BCUT2D eigenvalue weighted by Crippen LogP contribution is -2.07. The third kappa shape index (κ3) is 5.81. The van der Waals surface area contributed by atoms with Gasteiger partial charge in [-0.25, -0.2) is 4.98 Å². The van der Waals surface area contributed by atoms with Crippen molar-refractivity contribution in [2.24, 2.45) is 0 Å². The number of benzene rings is 1. The van der Waals surface area contributed by atoms with E-state index in [0.29, 0.717) is 33.0 Å². The predicted molar refractivity (Wildman–Crippen MR) is 118 cm³/mol. The highest BCUT2D eigenvalue weighted by Gasteiger charge is 2.14. The Kier molecular flexibility index (Phi) is 7.84. The highest BCUT2D eigenvalue weighted by Crippen LogP contribution is 2.34. The fourth-order valence-electron chi connectivity index (χ4n) is 2.61. The van der Waals surface area contributed by atoms with Gasteiger partial charge in [0, 0.05) is 17.4 Å². The van der Waals surface area contributed by atoms with Crippen molar-refractivity contribution in [3.63, 3.8) is 0 Å². The van der Waals surface area contributed by atoms with Crippen molar-refractivity contribution in [3.05, 3.63) is 50.6 Å². The quantitative estimate of drug-likeness (QED) is 0.285. The fourth-order valence-corrected chi connectivity index (χ4v) is 4.42. The van der Waals surface area contributed by atoms with E-state index in [9.17, 15) is 9.59 Å². The molecule has 0 saturated carbocycles. The van der Waals surface area contributed by atoms with Crippen LogP contribution in [0.1, 0.15) is 35.1 Å². The average molecular weight is 466 g/mol. The minimum absolute atomic E-state index is 0.0153. The second-order valence-electron chi connectivity index (χ2n) is 6.13. The number of halogens is 1. The van der Waals surface area contributed by atoms with Crippen molar-refractivity contribution in [2.75, 3.05) is 13.7 Å². The van der Waals surface area contributed by atoms with Crippen LogP contribution >= 0.6 is 34.3 Å². The van der Waals surface area contributed by atoms with Gasteiger partial charge >= 0.3 is 5.97 Å². The summed E-state index contributed by atoms with van der Waals surface area (Å²) in [4.78, 5) is 29.1. The van der Waals surface area contributed by atoms with E-state index in [2.05, 4.69) is 4.98 Å². The smallest absolute Gasteiger partial charge is 0.306 e. The Morgan fingerprint density at radius 3 is 2.67 bits per heavy atom. The number of hydrogen-bond donors (Lipinski definition) is 0. The van der Waals surface area contributed by atoms with Crippen molar-refractivity contribution >= 4 is 46.0 Å². The lowest BCUT2D eigenvalue weighted by atomic mass is 10.2. The first-order valence-corrected chi connectivity index (χ1v) is 11.3. The van der Waals surface area contributed by atoms with Crippen molar-refractivity contribution < 1.29 is 23.8 Å². The van der Waals surface area contributed by atoms with Crippen molar-refractivity contribution in [3.8, 4) is 22.1 Å². The van der Waals surface area contributed by atoms with Gasteiger partial charge in [-0.3, -0.25) is 9.59 Å². The monoisotopic (exact) mass is 465 g/mol. The highest BCUT2D eigenvalue weighted by molar-refractivity contribution is 7.18. The van der Waals surface area contributed by atoms with Crippen LogP contribution in [0.25, 0.3) is 10.6 Å². The summed E-state index contributed by atoms with van der Waals surface area (Å²) in [5.41, 5.74) is 1.53. The molecule has 0 aliphatic heterocycles. The number of thiazole rings is 1. The molecule has 2 heterocycles. The van der Waals surface area contributed by atoms with Gasteiger partial charge < -0.3 is 14.2 Å². The largest absolute Gasteiger partial charge is 0.493 e. The summed E-state index contributed by atoms with van der Waals surface area (Å²) in [7, 11) is 1.59. The summed E-state index contributed by atoms with van der Waals surface area (Å²) >= 11 is 8.47. The number of methoxy groups -OCH3 is 1. The number of ether oxygens (including phenoxy) is 3. The van der Waals surface area contributed by atoms with E-state index in [0.717, 1.165) is 10.6 Å². The molecule has 9 heteroatoms. The van der Waals surface area contributed by atoms with Gasteiger partial charge in [0.05, 0.1) is 35.0 Å². The number of hydrogen-bond acceptors (Lipinski definition) is 8. The molecule has 1 aromatic carbocycles. The summed E-state index contributed by atoms with van der Waals surface area (Å²) in [5.74, 6) is 0.746. The average Bonchev–Trinajstić information content (AvgIpc) is 3.40. The van der Waals surface area contributed by atoms with Gasteiger partial charge in [0.15, 0.2) is 17.3 Å². The molecule has 30 heavy (non-hydrogen) atoms. The van der Waals surface area contributed by atoms with E-state index in [1.54, 1.807) is 19.2 Å². The van der Waals surface area contributed by atoms with E-state index in [-0.39, 0.29) is 25.2 Å². The lowest BCUT2D eigenvalue weighted by Gasteiger charge is -2.09. The molecule has 0 atom stereocenters. The van der Waals surface area contributed by atoms with E-state index in [1.165, 1.54) is 22.7 Å². The van der Waals surface area contributed by atoms with Crippen LogP contribution in [0.2, 0.25) is 4.34 Å². The lowest BCUT2D eigenvalue weighted by molar-refractivity contribution is -0.145. The number of thiophene rings is 1. The summed E-state index contributed by atoms with van der Waals surface area (Å²) in [6.07, 6.45) is 0.103. The van der Waals surface area contributed by atoms with Crippen molar-refractivity contribution in [1.82, 2.24) is 4.98 Å². The Bertz CT molecular complexity index is 1030. The normalized spacial score (nSPS) is 10.6. The van der Waals surface area contributed by atoms with Gasteiger partial charge in [-0.1, -0.05) is 11.6 Å². The number of nitrogens with zero attached hydrogens (tertiary/aromatic N) is 1. The Labute approximate surface area is 187 Å². The van der Waals surface area contributed by atoms with Gasteiger partial charge in [-0.15, -0.1) is 22.7 Å². The maximum atomic E-state index is 12.0. The Balaban J connectivity index is 1.53. The molecule has 3 rings (SSSR count). The van der Waals surface area contributed by atoms with E-state index >= 15 is 0 Å². The SMILES string of the molecule is CCOc1ccc(-c2nc(COC(=O)CCC(=O)c3ccc(Cl)s3)cs2)cc1OC. The fraction of sp³-hybridized carbons (Fsp3) is 0.286. The maximum Gasteiger partial charge on any atom is 0.306 e. The van der Waals surface area contributed by atoms with Crippen LogP contribution in [0.15, 0.2) is 35.7 Å². The van der Waals surface area contributed by atoms with Gasteiger partial charge in [-0.05, 0) is 37.3 Å². The molecule has 3 aromatic rings. The van der Waals surface area contributed by atoms with E-state index in [1.807, 2.05) is 30.5 Å². The van der Waals surface area contributed by atoms with Gasteiger partial charge in [0.25, 0.3) is 0 Å². The molecule has 0 aliphatic carbocycles. The van der Waals surface area contributed by atoms with Crippen LogP contribution in [0.4, 0.5) is 0 Å². The molecule has 6 nitrogen and oxygen atoms in total. The molecule has 0 amide bonds. The zero-order chi connectivity index (χ0) is 21.5. The second-order valence-corrected chi connectivity index (χ2v) is 8.70. The summed E-state index contributed by atoms with van der Waals surface area (Å²) in [6, 6.07) is 8.94. The van der Waals surface area contributed by atoms with Crippen LogP contribution in [-0.2, 0) is 16.1 Å². The van der Waals surface area contributed by atoms with Crippen LogP contribution in [0, 0.1) is 0 Å². The molecule has 0 unspecified atom stereocenters. The molecule has 0 fully saturated rings. The van der Waals surface area contributed by atoms with E-state index < -0.39 is 5.97 Å². The molecule has 0 bridgehead atoms. The van der Waals surface area contributed by atoms with Crippen LogP contribution in [-0.4, -0.2) is 30.5 Å². The van der Waals surface area contributed by atoms with Crippen LogP contribution < -0.4 is 9.47 Å². The summed E-state index contributed by atoms with van der Waals surface area (Å²) < 4.78 is 16.7. The maximum absolute atomic E-state index is 12.0. The van der Waals surface area contributed by atoms with Gasteiger partial charge in [0.2, 0.25) is 0 Å². The standard InChI is InChI=1S/C21H20ClNO5S2/c1-3-27-16-6-4-13(10-17(16)26-2)21-23-14(12-29-21)11-28-20(25)9-5-15(24)18-7-8-19(22)30-18/h4,6-8,10,12H,3,5,9,11H2,1-2H3. The van der Waals surface area contributed by atoms with Crippen LogP contribution in [0.5, 0.6) is 11.5 Å². The van der Waals surface area contributed by atoms with Gasteiger partial charge in [0.1, 0.15) is 11.6 Å². The molecule has 0 aliphatic rings. The van der Waals surface area contributed by atoms with Gasteiger partial charge in [-0.2, -0.15) is 0 Å². The Morgan fingerprint density at radius 1 is 1.13 bits per heavy atom. The molecule has 158 valence electrons. The highest BCUT2D eigenvalue weighted by atomic mass is 35.5. The molecule has 0 saturated heterocycles. The summed E-state index contributed by atoms with van der Waals surface area (Å²) in [6.45, 7) is 2.52. The molecule has 2 aromatic heterocycles. The first-order chi connectivity index (χ1) is 14.5. The third-order valence-electron chi connectivity index (χ3n) is 4.05. The summed E-state index contributed by atoms with van der Waals surface area (Å²) in [5, 5.41) is 2.62. The van der Waals surface area contributed by atoms with Crippen molar-refractivity contribution in [2.45, 2.75) is 26.4 Å². The van der Waals surface area contributed by atoms with Crippen LogP contribution in [0.3, 0.4) is 0 Å². The zero-order valence-corrected chi connectivity index (χ0v) is 18.9. The first-order valence-electron chi connectivity index (χ1n) is 9.20. The Morgan fingerprint density at radius 2 is 1.97 bits per heavy atom. The number of aromatic nitrogens is 1. The minimum Gasteiger partial charge on any atom is -0.493 e. The third-order valence-corrected chi connectivity index (χ3v) is 6.26. The minimum atomic E-state index is -0.441. The van der Waals surface area contributed by atoms with E-state index in [4.69, 9.17) is 25.8 Å². The topological polar surface area (TPSA) is 74.7 Å². The molecular formula is C21H20ClNO5S2.